The van der Waals surface area contributed by atoms with Crippen LogP contribution in [0.1, 0.15) is 36.5 Å². The molecule has 0 spiro atoms. The van der Waals surface area contributed by atoms with Crippen molar-refractivity contribution < 1.29 is 4.79 Å². The second-order valence-corrected chi connectivity index (χ2v) is 7.37. The molecular weight excluding hydrogens is 360 g/mol. The molecule has 1 aromatic carbocycles. The van der Waals surface area contributed by atoms with Gasteiger partial charge in [-0.3, -0.25) is 14.2 Å². The van der Waals surface area contributed by atoms with Gasteiger partial charge in [0.05, 0.1) is 10.9 Å². The quantitative estimate of drug-likeness (QED) is 0.592. The van der Waals surface area contributed by atoms with Crippen molar-refractivity contribution in [3.05, 3.63) is 51.5 Å². The van der Waals surface area contributed by atoms with Crippen LogP contribution in [0.3, 0.4) is 0 Å². The maximum Gasteiger partial charge on any atom is 0.262 e. The largest absolute Gasteiger partial charge is 0.349 e. The van der Waals surface area contributed by atoms with E-state index in [0.29, 0.717) is 27.8 Å². The summed E-state index contributed by atoms with van der Waals surface area (Å²) in [4.78, 5) is 30.7. The lowest BCUT2D eigenvalue weighted by Crippen LogP contribution is -2.44. The van der Waals surface area contributed by atoms with E-state index in [1.807, 2.05) is 0 Å². The third-order valence-corrected chi connectivity index (χ3v) is 5.34. The van der Waals surface area contributed by atoms with E-state index in [1.54, 1.807) is 24.3 Å². The Balaban J connectivity index is 1.76. The molecule has 1 aromatic heterocycles. The Labute approximate surface area is 163 Å². The third-order valence-electron chi connectivity index (χ3n) is 5.02. The fourth-order valence-corrected chi connectivity index (χ4v) is 3.84. The van der Waals surface area contributed by atoms with Gasteiger partial charge in [0.2, 0.25) is 0 Å². The monoisotopic (exact) mass is 386 g/mol. The first-order valence-corrected chi connectivity index (χ1v) is 9.85. The van der Waals surface area contributed by atoms with Gasteiger partial charge in [0.1, 0.15) is 0 Å². The van der Waals surface area contributed by atoms with Gasteiger partial charge < -0.3 is 15.2 Å². The SMILES string of the molecule is C=CCn1c(=S)[nH]c2cc(C(=O)NC3CCN(CCC)CC3)ccc2c1=O. The highest BCUT2D eigenvalue weighted by Crippen LogP contribution is 2.14. The summed E-state index contributed by atoms with van der Waals surface area (Å²) in [6, 6.07) is 5.27. The first kappa shape index (κ1) is 19.5. The van der Waals surface area contributed by atoms with E-state index in [4.69, 9.17) is 12.2 Å². The standard InChI is InChI=1S/C20H26N4O2S/c1-3-9-23-11-7-15(8-12-23)21-18(25)14-5-6-16-17(13-14)22-20(27)24(10-4-2)19(16)26/h4-6,13,15H,2-3,7-12H2,1H3,(H,21,25)(H,22,27). The van der Waals surface area contributed by atoms with Gasteiger partial charge in [0.15, 0.2) is 4.77 Å². The van der Waals surface area contributed by atoms with Gasteiger partial charge in [-0.2, -0.15) is 0 Å². The van der Waals surface area contributed by atoms with Crippen molar-refractivity contribution in [2.24, 2.45) is 0 Å². The number of piperidine rings is 1. The van der Waals surface area contributed by atoms with Crippen LogP contribution in [0.25, 0.3) is 10.9 Å². The van der Waals surface area contributed by atoms with Crippen molar-refractivity contribution in [1.29, 1.82) is 0 Å². The molecule has 1 fully saturated rings. The lowest BCUT2D eigenvalue weighted by Gasteiger charge is -2.32. The number of nitrogens with one attached hydrogen (secondary N) is 2. The summed E-state index contributed by atoms with van der Waals surface area (Å²) in [5, 5.41) is 3.63. The number of hydrogen-bond acceptors (Lipinski definition) is 4. The van der Waals surface area contributed by atoms with Crippen LogP contribution in [0.15, 0.2) is 35.6 Å². The van der Waals surface area contributed by atoms with Gasteiger partial charge in [0.25, 0.3) is 11.5 Å². The number of fused-ring (bicyclic) bond motifs is 1. The molecule has 1 saturated heterocycles. The number of H-pyrrole nitrogens is 1. The van der Waals surface area contributed by atoms with E-state index in [1.165, 1.54) is 4.57 Å². The van der Waals surface area contributed by atoms with Gasteiger partial charge in [-0.15, -0.1) is 6.58 Å². The van der Waals surface area contributed by atoms with Crippen molar-refractivity contribution in [1.82, 2.24) is 19.8 Å². The molecule has 0 saturated carbocycles. The Kier molecular flexibility index (Phi) is 6.23. The average Bonchev–Trinajstić information content (AvgIpc) is 2.66. The Bertz CT molecular complexity index is 955. The number of allylic oxidation sites excluding steroid dienone is 1. The Morgan fingerprint density at radius 1 is 1.41 bits per heavy atom. The number of rotatable bonds is 6. The van der Waals surface area contributed by atoms with Crippen LogP contribution in [0.5, 0.6) is 0 Å². The van der Waals surface area contributed by atoms with E-state index in [-0.39, 0.29) is 17.5 Å². The fourth-order valence-electron chi connectivity index (χ4n) is 3.58. The highest BCUT2D eigenvalue weighted by Gasteiger charge is 2.21. The number of likely N-dealkylation sites (tertiary alicyclic amines) is 1. The molecule has 3 rings (SSSR count). The van der Waals surface area contributed by atoms with E-state index < -0.39 is 0 Å². The number of hydrogen-bond donors (Lipinski definition) is 2. The summed E-state index contributed by atoms with van der Waals surface area (Å²) < 4.78 is 1.78. The molecule has 2 aromatic rings. The molecule has 0 radical (unpaired) electrons. The number of carbonyl (C=O) groups is 1. The number of aromatic amines is 1. The van der Waals surface area contributed by atoms with Crippen LogP contribution >= 0.6 is 12.2 Å². The van der Waals surface area contributed by atoms with E-state index >= 15 is 0 Å². The number of aromatic nitrogens is 2. The number of benzene rings is 1. The number of carbonyl (C=O) groups excluding carboxylic acids is 1. The van der Waals surface area contributed by atoms with E-state index in [9.17, 15) is 9.59 Å². The molecule has 2 N–H and O–H groups in total. The van der Waals surface area contributed by atoms with Crippen molar-refractivity contribution >= 4 is 29.0 Å². The van der Waals surface area contributed by atoms with Gasteiger partial charge in [-0.1, -0.05) is 13.0 Å². The molecule has 1 aliphatic heterocycles. The topological polar surface area (TPSA) is 70.1 Å². The zero-order chi connectivity index (χ0) is 19.4. The Morgan fingerprint density at radius 3 is 2.81 bits per heavy atom. The minimum Gasteiger partial charge on any atom is -0.349 e. The molecule has 0 atom stereocenters. The van der Waals surface area contributed by atoms with Crippen molar-refractivity contribution in [2.45, 2.75) is 38.8 Å². The summed E-state index contributed by atoms with van der Waals surface area (Å²) in [5.41, 5.74) is 0.935. The Hall–Kier alpha value is -2.25. The predicted octanol–water partition coefficient (Wildman–Crippen LogP) is 2.85. The Morgan fingerprint density at radius 2 is 2.15 bits per heavy atom. The normalized spacial score (nSPS) is 15.7. The lowest BCUT2D eigenvalue weighted by atomic mass is 10.0. The smallest absolute Gasteiger partial charge is 0.262 e. The zero-order valence-corrected chi connectivity index (χ0v) is 16.5. The summed E-state index contributed by atoms with van der Waals surface area (Å²) in [7, 11) is 0. The predicted molar refractivity (Wildman–Crippen MR) is 111 cm³/mol. The van der Waals surface area contributed by atoms with Crippen LogP contribution in [-0.2, 0) is 6.54 Å². The molecule has 0 aliphatic carbocycles. The highest BCUT2D eigenvalue weighted by molar-refractivity contribution is 7.71. The molecule has 1 aliphatic rings. The molecular formula is C20H26N4O2S. The first-order chi connectivity index (χ1) is 13.0. The van der Waals surface area contributed by atoms with Crippen molar-refractivity contribution in [3.63, 3.8) is 0 Å². The molecule has 1 amide bonds. The molecule has 144 valence electrons. The molecule has 0 bridgehead atoms. The third kappa shape index (κ3) is 4.36. The fraction of sp³-hybridized carbons (Fsp3) is 0.450. The van der Waals surface area contributed by atoms with Gasteiger partial charge in [-0.25, -0.2) is 0 Å². The zero-order valence-electron chi connectivity index (χ0n) is 15.7. The van der Waals surface area contributed by atoms with E-state index in [0.717, 1.165) is 38.9 Å². The minimum absolute atomic E-state index is 0.111. The van der Waals surface area contributed by atoms with E-state index in [2.05, 4.69) is 28.7 Å². The summed E-state index contributed by atoms with van der Waals surface area (Å²) in [6.07, 6.45) is 4.72. The summed E-state index contributed by atoms with van der Waals surface area (Å²) >= 11 is 5.26. The maximum absolute atomic E-state index is 12.6. The van der Waals surface area contributed by atoms with Crippen molar-refractivity contribution in [3.8, 4) is 0 Å². The second kappa shape index (κ2) is 8.63. The molecule has 7 heteroatoms. The minimum atomic E-state index is -0.177. The summed E-state index contributed by atoms with van der Waals surface area (Å²) in [5.74, 6) is -0.111. The number of amides is 1. The van der Waals surface area contributed by atoms with Crippen LogP contribution in [0.4, 0.5) is 0 Å². The van der Waals surface area contributed by atoms with Crippen LogP contribution in [0.2, 0.25) is 0 Å². The maximum atomic E-state index is 12.6. The number of nitrogens with zero attached hydrogens (tertiary/aromatic N) is 2. The van der Waals surface area contributed by atoms with Crippen LogP contribution in [-0.4, -0.2) is 46.0 Å². The van der Waals surface area contributed by atoms with Crippen molar-refractivity contribution in [2.75, 3.05) is 19.6 Å². The summed E-state index contributed by atoms with van der Waals surface area (Å²) in [6.45, 7) is 9.35. The van der Waals surface area contributed by atoms with Crippen LogP contribution < -0.4 is 10.9 Å². The van der Waals surface area contributed by atoms with Crippen LogP contribution in [0, 0.1) is 4.77 Å². The molecule has 2 heterocycles. The van der Waals surface area contributed by atoms with Gasteiger partial charge >= 0.3 is 0 Å². The second-order valence-electron chi connectivity index (χ2n) is 6.98. The molecule has 6 nitrogen and oxygen atoms in total. The van der Waals surface area contributed by atoms with Gasteiger partial charge in [0, 0.05) is 31.2 Å². The first-order valence-electron chi connectivity index (χ1n) is 9.44. The lowest BCUT2D eigenvalue weighted by molar-refractivity contribution is 0.0911. The highest BCUT2D eigenvalue weighted by atomic mass is 32.1. The molecule has 0 unspecified atom stereocenters. The average molecular weight is 387 g/mol. The van der Waals surface area contributed by atoms with Gasteiger partial charge in [-0.05, 0) is 56.2 Å². The molecule has 27 heavy (non-hydrogen) atoms.